The third-order valence-electron chi connectivity index (χ3n) is 2.49. The molecule has 0 aliphatic rings. The van der Waals surface area contributed by atoms with Gasteiger partial charge < -0.3 is 9.15 Å². The second kappa shape index (κ2) is 6.77. The van der Waals surface area contributed by atoms with Gasteiger partial charge in [0.05, 0.1) is 11.6 Å². The Bertz CT molecular complexity index is 646. The Morgan fingerprint density at radius 3 is 2.90 bits per heavy atom. The van der Waals surface area contributed by atoms with Crippen molar-refractivity contribution in [1.29, 1.82) is 0 Å². The molecule has 1 aromatic carbocycles. The molecule has 1 heterocycles. The molecule has 0 fully saturated rings. The maximum atomic E-state index is 11.2. The van der Waals surface area contributed by atoms with Gasteiger partial charge in [0.25, 0.3) is 0 Å². The molecule has 1 aromatic heterocycles. The smallest absolute Gasteiger partial charge is 0.330 e. The van der Waals surface area contributed by atoms with Crippen molar-refractivity contribution in [2.75, 3.05) is 6.61 Å². The molecule has 2 rings (SSSR count). The number of hydrogen-bond donors (Lipinski definition) is 0. The molecule has 0 bridgehead atoms. The lowest BCUT2D eigenvalue weighted by Gasteiger charge is -2.00. The van der Waals surface area contributed by atoms with Crippen LogP contribution in [-0.4, -0.2) is 12.6 Å². The van der Waals surface area contributed by atoms with Gasteiger partial charge in [0, 0.05) is 16.1 Å². The first kappa shape index (κ1) is 14.9. The summed E-state index contributed by atoms with van der Waals surface area (Å²) in [7, 11) is 0. The Morgan fingerprint density at radius 1 is 1.40 bits per heavy atom. The molecule has 104 valence electrons. The number of furan rings is 1. The van der Waals surface area contributed by atoms with E-state index in [4.69, 9.17) is 20.8 Å². The summed E-state index contributed by atoms with van der Waals surface area (Å²) in [6.45, 7) is 2.10. The van der Waals surface area contributed by atoms with Gasteiger partial charge in [-0.1, -0.05) is 27.5 Å². The molecule has 0 amide bonds. The Hall–Kier alpha value is -1.52. The lowest BCUT2D eigenvalue weighted by Crippen LogP contribution is -1.98. The van der Waals surface area contributed by atoms with Gasteiger partial charge in [-0.05, 0) is 43.3 Å². The number of hydrogen-bond acceptors (Lipinski definition) is 3. The van der Waals surface area contributed by atoms with Crippen molar-refractivity contribution in [3.8, 4) is 11.3 Å². The Kier molecular flexibility index (Phi) is 5.04. The molecule has 20 heavy (non-hydrogen) atoms. The highest BCUT2D eigenvalue weighted by Gasteiger charge is 2.08. The first-order chi connectivity index (χ1) is 9.60. The molecule has 0 N–H and O–H groups in total. The zero-order chi connectivity index (χ0) is 14.5. The molecule has 0 saturated carbocycles. The van der Waals surface area contributed by atoms with E-state index in [1.165, 1.54) is 6.08 Å². The maximum absolute atomic E-state index is 11.2. The van der Waals surface area contributed by atoms with E-state index in [1.54, 1.807) is 31.2 Å². The molecule has 0 aliphatic carbocycles. The Labute approximate surface area is 130 Å². The Morgan fingerprint density at radius 2 is 2.20 bits per heavy atom. The number of esters is 1. The second-order valence-corrected chi connectivity index (χ2v) is 5.23. The zero-order valence-corrected chi connectivity index (χ0v) is 13.1. The minimum atomic E-state index is -0.396. The summed E-state index contributed by atoms with van der Waals surface area (Å²) < 4.78 is 11.3. The summed E-state index contributed by atoms with van der Waals surface area (Å²) in [6, 6.07) is 9.12. The van der Waals surface area contributed by atoms with Crippen LogP contribution in [0.2, 0.25) is 5.02 Å². The number of halogens is 2. The van der Waals surface area contributed by atoms with Crippen molar-refractivity contribution < 1.29 is 13.9 Å². The quantitative estimate of drug-likeness (QED) is 0.576. The number of carbonyl (C=O) groups is 1. The summed E-state index contributed by atoms with van der Waals surface area (Å²) >= 11 is 9.51. The van der Waals surface area contributed by atoms with Crippen molar-refractivity contribution >= 4 is 39.6 Å². The average Bonchev–Trinajstić information content (AvgIpc) is 2.85. The number of ether oxygens (including phenoxy) is 1. The van der Waals surface area contributed by atoms with Gasteiger partial charge in [0.15, 0.2) is 0 Å². The van der Waals surface area contributed by atoms with Gasteiger partial charge in [-0.2, -0.15) is 0 Å². The first-order valence-corrected chi connectivity index (χ1v) is 7.17. The van der Waals surface area contributed by atoms with Crippen molar-refractivity contribution in [3.63, 3.8) is 0 Å². The number of benzene rings is 1. The third-order valence-corrected chi connectivity index (χ3v) is 3.30. The predicted molar refractivity (Wildman–Crippen MR) is 82.5 cm³/mol. The number of rotatable bonds is 4. The van der Waals surface area contributed by atoms with Crippen LogP contribution in [0.4, 0.5) is 0 Å². The predicted octanol–water partition coefficient (Wildman–Crippen LogP) is 4.94. The van der Waals surface area contributed by atoms with E-state index < -0.39 is 5.97 Å². The third kappa shape index (κ3) is 3.74. The van der Waals surface area contributed by atoms with Crippen LogP contribution in [-0.2, 0) is 9.53 Å². The van der Waals surface area contributed by atoms with Crippen LogP contribution in [0.25, 0.3) is 17.4 Å². The van der Waals surface area contributed by atoms with Crippen LogP contribution in [0.5, 0.6) is 0 Å². The fourth-order valence-electron chi connectivity index (χ4n) is 1.62. The normalized spacial score (nSPS) is 10.9. The van der Waals surface area contributed by atoms with Crippen molar-refractivity contribution in [3.05, 3.63) is 51.7 Å². The summed E-state index contributed by atoms with van der Waals surface area (Å²) in [5.74, 6) is 0.810. The van der Waals surface area contributed by atoms with E-state index in [9.17, 15) is 4.79 Å². The SMILES string of the molecule is CCOC(=O)/C=C/c1ccc(-c2ccc(Br)cc2Cl)o1. The summed E-state index contributed by atoms with van der Waals surface area (Å²) in [6.07, 6.45) is 2.89. The number of carbonyl (C=O) groups excluding carboxylic acids is 1. The molecule has 5 heteroatoms. The highest BCUT2D eigenvalue weighted by molar-refractivity contribution is 9.10. The van der Waals surface area contributed by atoms with E-state index >= 15 is 0 Å². The molecule has 0 unspecified atom stereocenters. The topological polar surface area (TPSA) is 39.4 Å². The van der Waals surface area contributed by atoms with Gasteiger partial charge in [0.1, 0.15) is 11.5 Å². The Balaban J connectivity index is 2.18. The van der Waals surface area contributed by atoms with Crippen molar-refractivity contribution in [2.45, 2.75) is 6.92 Å². The van der Waals surface area contributed by atoms with Crippen LogP contribution in [0, 0.1) is 0 Å². The van der Waals surface area contributed by atoms with Crippen molar-refractivity contribution in [1.82, 2.24) is 0 Å². The van der Waals surface area contributed by atoms with Crippen molar-refractivity contribution in [2.24, 2.45) is 0 Å². The van der Waals surface area contributed by atoms with Gasteiger partial charge in [-0.25, -0.2) is 4.79 Å². The van der Waals surface area contributed by atoms with Crippen LogP contribution < -0.4 is 0 Å². The van der Waals surface area contributed by atoms with Gasteiger partial charge in [0.2, 0.25) is 0 Å². The highest BCUT2D eigenvalue weighted by Crippen LogP contribution is 2.31. The summed E-state index contributed by atoms with van der Waals surface area (Å²) in [5, 5.41) is 0.592. The van der Waals surface area contributed by atoms with Gasteiger partial charge in [-0.3, -0.25) is 0 Å². The van der Waals surface area contributed by atoms with E-state index in [1.807, 2.05) is 12.1 Å². The molecule has 0 radical (unpaired) electrons. The summed E-state index contributed by atoms with van der Waals surface area (Å²) in [5.41, 5.74) is 0.797. The standard InChI is InChI=1S/C15H12BrClO3/c1-2-19-15(18)8-5-11-4-7-14(20-11)12-6-3-10(16)9-13(12)17/h3-9H,2H2,1H3/b8-5+. The fraction of sp³-hybridized carbons (Fsp3) is 0.133. The lowest BCUT2D eigenvalue weighted by molar-refractivity contribution is -0.137. The first-order valence-electron chi connectivity index (χ1n) is 6.00. The minimum Gasteiger partial charge on any atom is -0.463 e. The second-order valence-electron chi connectivity index (χ2n) is 3.91. The maximum Gasteiger partial charge on any atom is 0.330 e. The van der Waals surface area contributed by atoms with Crippen LogP contribution in [0.1, 0.15) is 12.7 Å². The van der Waals surface area contributed by atoms with E-state index in [0.717, 1.165) is 10.0 Å². The van der Waals surface area contributed by atoms with Gasteiger partial charge in [-0.15, -0.1) is 0 Å². The molecular formula is C15H12BrClO3. The molecule has 0 saturated heterocycles. The van der Waals surface area contributed by atoms with Crippen LogP contribution in [0.15, 0.2) is 45.3 Å². The molecule has 0 spiro atoms. The van der Waals surface area contributed by atoms with Gasteiger partial charge >= 0.3 is 5.97 Å². The largest absolute Gasteiger partial charge is 0.463 e. The molecule has 2 aromatic rings. The fourth-order valence-corrected chi connectivity index (χ4v) is 2.38. The highest BCUT2D eigenvalue weighted by atomic mass is 79.9. The monoisotopic (exact) mass is 354 g/mol. The molecule has 0 aliphatic heterocycles. The van der Waals surface area contributed by atoms with E-state index in [2.05, 4.69) is 15.9 Å². The average molecular weight is 356 g/mol. The van der Waals surface area contributed by atoms with E-state index in [0.29, 0.717) is 23.2 Å². The molecule has 0 atom stereocenters. The van der Waals surface area contributed by atoms with Crippen LogP contribution in [0.3, 0.4) is 0 Å². The molecule has 3 nitrogen and oxygen atoms in total. The lowest BCUT2D eigenvalue weighted by atomic mass is 10.2. The minimum absolute atomic E-state index is 0.348. The summed E-state index contributed by atoms with van der Waals surface area (Å²) in [4.78, 5) is 11.2. The molecular weight excluding hydrogens is 344 g/mol. The zero-order valence-electron chi connectivity index (χ0n) is 10.7. The van der Waals surface area contributed by atoms with Crippen LogP contribution >= 0.6 is 27.5 Å². The van der Waals surface area contributed by atoms with E-state index in [-0.39, 0.29) is 0 Å².